The zero-order valence-corrected chi connectivity index (χ0v) is 22.1. The summed E-state index contributed by atoms with van der Waals surface area (Å²) in [6, 6.07) is 19.0. The molecule has 0 saturated heterocycles. The number of halogens is 5. The first kappa shape index (κ1) is 28.8. The van der Waals surface area contributed by atoms with Crippen LogP contribution in [0.5, 0.6) is 0 Å². The van der Waals surface area contributed by atoms with Gasteiger partial charge in [-0.2, -0.15) is 18.3 Å². The molecule has 2 heterocycles. The van der Waals surface area contributed by atoms with Gasteiger partial charge in [-0.25, -0.2) is 31.4 Å². The third kappa shape index (κ3) is 6.14. The average Bonchev–Trinajstić information content (AvgIpc) is 3.40. The van der Waals surface area contributed by atoms with E-state index in [0.29, 0.717) is 0 Å². The lowest BCUT2D eigenvalue weighted by atomic mass is 10.1. The van der Waals surface area contributed by atoms with Gasteiger partial charge in [-0.1, -0.05) is 48.5 Å². The molecule has 0 aliphatic carbocycles. The first-order chi connectivity index (χ1) is 19.9. The third-order valence-corrected chi connectivity index (χ3v) is 7.59. The van der Waals surface area contributed by atoms with Crippen LogP contribution in [-0.4, -0.2) is 28.9 Å². The number of aromatic nitrogens is 3. The maximum atomic E-state index is 13.9. The maximum Gasteiger partial charge on any atom is 0.416 e. The molecule has 1 amide bonds. The van der Waals surface area contributed by atoms with Crippen molar-refractivity contribution >= 4 is 27.3 Å². The zero-order valence-electron chi connectivity index (χ0n) is 21.3. The zero-order chi connectivity index (χ0) is 30.1. The number of nitrogens with one attached hydrogen (secondary N) is 2. The molecular weight excluding hydrogens is 581 g/mol. The largest absolute Gasteiger partial charge is 0.416 e. The number of carbonyl (C=O) groups excluding carboxylic acids is 1. The van der Waals surface area contributed by atoms with Crippen LogP contribution in [0.15, 0.2) is 96.0 Å². The van der Waals surface area contributed by atoms with Crippen LogP contribution in [0.3, 0.4) is 0 Å². The van der Waals surface area contributed by atoms with Crippen LogP contribution in [0.4, 0.5) is 27.6 Å². The average molecular weight is 602 g/mol. The van der Waals surface area contributed by atoms with E-state index in [1.807, 2.05) is 0 Å². The number of hydrogen-bond donors (Lipinski definition) is 2. The van der Waals surface area contributed by atoms with Crippen molar-refractivity contribution in [2.24, 2.45) is 0 Å². The molecule has 5 aromatic rings. The first-order valence-electron chi connectivity index (χ1n) is 12.2. The molecule has 0 aliphatic heterocycles. The van der Waals surface area contributed by atoms with Crippen molar-refractivity contribution in [2.45, 2.75) is 24.0 Å². The number of hydrogen-bond acceptors (Lipinski definition) is 5. The summed E-state index contributed by atoms with van der Waals surface area (Å²) in [6.45, 7) is 0.0432. The molecule has 42 heavy (non-hydrogen) atoms. The Bertz CT molecular complexity index is 1860. The fourth-order valence-corrected chi connectivity index (χ4v) is 5.14. The van der Waals surface area contributed by atoms with E-state index in [2.05, 4.69) is 20.1 Å². The summed E-state index contributed by atoms with van der Waals surface area (Å²) in [4.78, 5) is 17.3. The highest BCUT2D eigenvalue weighted by atomic mass is 32.2. The smallest absolute Gasteiger partial charge is 0.322 e. The lowest BCUT2D eigenvalue weighted by Crippen LogP contribution is -2.23. The Hall–Kier alpha value is -4.69. The first-order valence-corrected chi connectivity index (χ1v) is 13.7. The van der Waals surface area contributed by atoms with E-state index < -0.39 is 39.8 Å². The van der Waals surface area contributed by atoms with Crippen LogP contribution in [-0.2, 0) is 22.7 Å². The number of nitrogens with zero attached hydrogens (tertiary/aromatic N) is 3. The fourth-order valence-electron chi connectivity index (χ4n) is 4.08. The highest BCUT2D eigenvalue weighted by Crippen LogP contribution is 2.32. The molecule has 0 aliphatic rings. The molecule has 8 nitrogen and oxygen atoms in total. The van der Waals surface area contributed by atoms with Gasteiger partial charge in [0.15, 0.2) is 5.65 Å². The molecule has 0 unspecified atom stereocenters. The number of anilines is 1. The molecule has 0 saturated carbocycles. The number of amides is 1. The van der Waals surface area contributed by atoms with Gasteiger partial charge in [-0.15, -0.1) is 0 Å². The molecule has 14 heteroatoms. The number of rotatable bonds is 8. The topological polar surface area (TPSA) is 105 Å². The molecular formula is C28H20F5N5O3S. The normalized spacial score (nSPS) is 12.1. The number of sulfonamides is 1. The monoisotopic (exact) mass is 601 g/mol. The van der Waals surface area contributed by atoms with Gasteiger partial charge in [0, 0.05) is 17.8 Å². The van der Waals surface area contributed by atoms with Crippen molar-refractivity contribution in [1.29, 1.82) is 0 Å². The van der Waals surface area contributed by atoms with E-state index in [9.17, 15) is 35.2 Å². The van der Waals surface area contributed by atoms with Gasteiger partial charge in [0.2, 0.25) is 10.0 Å². The molecule has 0 radical (unpaired) electrons. The van der Waals surface area contributed by atoms with Gasteiger partial charge in [0.1, 0.15) is 11.3 Å². The molecule has 2 N–H and O–H groups in total. The van der Waals surface area contributed by atoms with Crippen molar-refractivity contribution < 1.29 is 35.2 Å². The summed E-state index contributed by atoms with van der Waals surface area (Å²) < 4.78 is 95.6. The third-order valence-electron chi connectivity index (χ3n) is 6.19. The highest BCUT2D eigenvalue weighted by Gasteiger charge is 2.30. The second-order valence-corrected chi connectivity index (χ2v) is 10.8. The summed E-state index contributed by atoms with van der Waals surface area (Å²) in [5, 5.41) is 6.37. The van der Waals surface area contributed by atoms with Crippen LogP contribution >= 0.6 is 0 Å². The van der Waals surface area contributed by atoms with Crippen LogP contribution in [0.1, 0.15) is 33.6 Å². The van der Waals surface area contributed by atoms with Crippen molar-refractivity contribution in [1.82, 2.24) is 19.3 Å². The summed E-state index contributed by atoms with van der Waals surface area (Å²) in [5.74, 6) is -0.825. The lowest BCUT2D eigenvalue weighted by Gasteiger charge is -2.11. The van der Waals surface area contributed by atoms with E-state index in [-0.39, 0.29) is 39.6 Å². The van der Waals surface area contributed by atoms with Crippen LogP contribution in [0.25, 0.3) is 16.9 Å². The number of benzene rings is 3. The van der Waals surface area contributed by atoms with Gasteiger partial charge >= 0.3 is 6.18 Å². The van der Waals surface area contributed by atoms with Gasteiger partial charge in [-0.3, -0.25) is 4.79 Å². The van der Waals surface area contributed by atoms with Crippen molar-refractivity contribution in [3.63, 3.8) is 0 Å². The Kier molecular flexibility index (Phi) is 7.75. The minimum Gasteiger partial charge on any atom is -0.322 e. The number of fused-ring (bicyclic) bond motifs is 1. The predicted molar refractivity (Wildman–Crippen MR) is 143 cm³/mol. The van der Waals surface area contributed by atoms with Crippen molar-refractivity contribution in [2.75, 3.05) is 5.32 Å². The maximum absolute atomic E-state index is 13.9. The Balaban J connectivity index is 1.43. The molecule has 2 aromatic heterocycles. The van der Waals surface area contributed by atoms with E-state index in [1.165, 1.54) is 24.3 Å². The minimum atomic E-state index is -4.59. The summed E-state index contributed by atoms with van der Waals surface area (Å²) in [6.07, 6.45) is -6.62. The molecule has 0 fully saturated rings. The molecule has 3 aromatic carbocycles. The van der Waals surface area contributed by atoms with Crippen LogP contribution in [0.2, 0.25) is 0 Å². The van der Waals surface area contributed by atoms with E-state index in [4.69, 9.17) is 0 Å². The molecule has 216 valence electrons. The quantitative estimate of drug-likeness (QED) is 0.210. The van der Waals surface area contributed by atoms with Crippen LogP contribution in [0, 0.1) is 0 Å². The summed E-state index contributed by atoms with van der Waals surface area (Å²) in [5.41, 5.74) is -1.20. The lowest BCUT2D eigenvalue weighted by molar-refractivity contribution is -0.137. The van der Waals surface area contributed by atoms with Crippen molar-refractivity contribution in [3.8, 4) is 11.3 Å². The molecule has 0 bridgehead atoms. The molecule has 5 rings (SSSR count). The van der Waals surface area contributed by atoms with Crippen molar-refractivity contribution in [3.05, 3.63) is 114 Å². The highest BCUT2D eigenvalue weighted by molar-refractivity contribution is 7.89. The Morgan fingerprint density at radius 2 is 1.64 bits per heavy atom. The van der Waals surface area contributed by atoms with Gasteiger partial charge < -0.3 is 5.32 Å². The van der Waals surface area contributed by atoms with Gasteiger partial charge in [0.05, 0.1) is 22.3 Å². The van der Waals surface area contributed by atoms with Gasteiger partial charge in [-0.05, 0) is 42.0 Å². The molecule has 0 spiro atoms. The van der Waals surface area contributed by atoms with Gasteiger partial charge in [0.25, 0.3) is 12.3 Å². The fraction of sp³-hybridized carbons (Fsp3) is 0.107. The summed E-state index contributed by atoms with van der Waals surface area (Å²) in [7, 11) is -3.95. The SMILES string of the molecule is O=C(Nc1cccc(S(=O)(=O)NCc2ccccc2)c1)c1cnn2c(C(F)F)cc(-c3ccc(C(F)(F)F)cc3)nc12. The number of alkyl halides is 5. The second-order valence-electron chi connectivity index (χ2n) is 9.03. The van der Waals surface area contributed by atoms with Crippen LogP contribution < -0.4 is 10.0 Å². The Labute approximate surface area is 235 Å². The van der Waals surface area contributed by atoms with E-state index in [1.54, 1.807) is 30.3 Å². The van der Waals surface area contributed by atoms with E-state index >= 15 is 0 Å². The second kappa shape index (κ2) is 11.3. The Morgan fingerprint density at radius 1 is 0.929 bits per heavy atom. The molecule has 0 atom stereocenters. The minimum absolute atomic E-state index is 0.0432. The summed E-state index contributed by atoms with van der Waals surface area (Å²) >= 11 is 0. The number of carbonyl (C=O) groups is 1. The standard InChI is InChI=1S/C28H20F5N5O3S/c29-25(30)24-14-23(18-9-11-19(12-10-18)28(31,32)33)37-26-22(16-34-38(24)26)27(39)36-20-7-4-8-21(13-20)42(40,41)35-15-17-5-2-1-3-6-17/h1-14,16,25,35H,15H2,(H,36,39). The predicted octanol–water partition coefficient (Wildman–Crippen LogP) is 6.08. The Morgan fingerprint density at radius 3 is 2.31 bits per heavy atom. The van der Waals surface area contributed by atoms with E-state index in [0.717, 1.165) is 46.6 Å².